The van der Waals surface area contributed by atoms with Crippen LogP contribution in [0.3, 0.4) is 0 Å². The van der Waals surface area contributed by atoms with Gasteiger partial charge in [-0.15, -0.1) is 0 Å². The lowest BCUT2D eigenvalue weighted by atomic mass is 9.99. The van der Waals surface area contributed by atoms with Crippen LogP contribution in [0.2, 0.25) is 13.1 Å². The second kappa shape index (κ2) is 5.19. The van der Waals surface area contributed by atoms with Crippen molar-refractivity contribution < 1.29 is 4.74 Å². The highest BCUT2D eigenvalue weighted by atomic mass is 28.3. The standard InChI is InChI=1S/C15H22OSi/c1-4-13-7-9-14(10-8-13)15(17(2)3)11-5-6-12-16-15/h4,7-10,17H,1,5-6,11-12H2,2-3H3. The molecule has 0 saturated carbocycles. The van der Waals surface area contributed by atoms with E-state index in [0.29, 0.717) is 0 Å². The molecule has 1 fully saturated rings. The average Bonchev–Trinajstić information content (AvgIpc) is 2.39. The van der Waals surface area contributed by atoms with Gasteiger partial charge in [0.25, 0.3) is 0 Å². The predicted molar refractivity (Wildman–Crippen MR) is 76.9 cm³/mol. The maximum absolute atomic E-state index is 6.22. The summed E-state index contributed by atoms with van der Waals surface area (Å²) in [6.45, 7) is 9.52. The van der Waals surface area contributed by atoms with Gasteiger partial charge in [0.1, 0.15) is 0 Å². The first-order chi connectivity index (χ1) is 8.19. The van der Waals surface area contributed by atoms with Crippen molar-refractivity contribution in [1.82, 2.24) is 0 Å². The first-order valence-electron chi connectivity index (χ1n) is 6.56. The fourth-order valence-electron chi connectivity index (χ4n) is 2.73. The lowest BCUT2D eigenvalue weighted by Gasteiger charge is -2.41. The van der Waals surface area contributed by atoms with Crippen molar-refractivity contribution in [3.63, 3.8) is 0 Å². The van der Waals surface area contributed by atoms with Crippen LogP contribution in [0.5, 0.6) is 0 Å². The molecule has 0 radical (unpaired) electrons. The van der Waals surface area contributed by atoms with Gasteiger partial charge in [0.15, 0.2) is 0 Å². The summed E-state index contributed by atoms with van der Waals surface area (Å²) in [5.74, 6) is 0. The molecule has 0 aromatic heterocycles. The summed E-state index contributed by atoms with van der Waals surface area (Å²) in [5, 5.41) is 0.0674. The molecule has 0 bridgehead atoms. The number of benzene rings is 1. The number of rotatable bonds is 3. The molecule has 1 heterocycles. The van der Waals surface area contributed by atoms with E-state index in [0.717, 1.165) is 6.61 Å². The minimum Gasteiger partial charge on any atom is -0.374 e. The van der Waals surface area contributed by atoms with E-state index in [4.69, 9.17) is 4.74 Å². The van der Waals surface area contributed by atoms with E-state index in [1.165, 1.54) is 30.4 Å². The Kier molecular flexibility index (Phi) is 3.85. The van der Waals surface area contributed by atoms with Gasteiger partial charge >= 0.3 is 0 Å². The molecule has 2 rings (SSSR count). The van der Waals surface area contributed by atoms with Crippen LogP contribution in [0.25, 0.3) is 6.08 Å². The lowest BCUT2D eigenvalue weighted by Crippen LogP contribution is -2.44. The molecule has 1 aromatic rings. The van der Waals surface area contributed by atoms with Gasteiger partial charge in [-0.05, 0) is 30.4 Å². The molecular formula is C15H22OSi. The monoisotopic (exact) mass is 246 g/mol. The van der Waals surface area contributed by atoms with Crippen LogP contribution in [0.4, 0.5) is 0 Å². The second-order valence-corrected chi connectivity index (χ2v) is 8.42. The molecule has 1 aliphatic heterocycles. The zero-order valence-corrected chi connectivity index (χ0v) is 12.1. The van der Waals surface area contributed by atoms with Crippen LogP contribution in [0.1, 0.15) is 30.4 Å². The Morgan fingerprint density at radius 1 is 1.24 bits per heavy atom. The molecule has 1 nitrogen and oxygen atoms in total. The van der Waals surface area contributed by atoms with E-state index in [2.05, 4.69) is 43.9 Å². The Hall–Kier alpha value is -0.863. The summed E-state index contributed by atoms with van der Waals surface area (Å²) in [5.41, 5.74) is 2.56. The molecular weight excluding hydrogens is 224 g/mol. The third kappa shape index (κ3) is 2.38. The zero-order valence-electron chi connectivity index (χ0n) is 10.9. The van der Waals surface area contributed by atoms with Crippen LogP contribution in [-0.2, 0) is 9.96 Å². The minimum atomic E-state index is -0.887. The third-order valence-electron chi connectivity index (χ3n) is 3.87. The first-order valence-corrected chi connectivity index (χ1v) is 9.44. The highest BCUT2D eigenvalue weighted by Gasteiger charge is 2.38. The third-order valence-corrected chi connectivity index (χ3v) is 6.52. The van der Waals surface area contributed by atoms with E-state index < -0.39 is 8.80 Å². The molecule has 1 unspecified atom stereocenters. The molecule has 1 aromatic carbocycles. The van der Waals surface area contributed by atoms with Gasteiger partial charge in [-0.3, -0.25) is 0 Å². The molecule has 17 heavy (non-hydrogen) atoms. The average molecular weight is 246 g/mol. The Balaban J connectivity index is 2.34. The van der Waals surface area contributed by atoms with Gasteiger partial charge in [0.2, 0.25) is 0 Å². The van der Waals surface area contributed by atoms with Crippen molar-refractivity contribution in [2.45, 2.75) is 37.6 Å². The summed E-state index contributed by atoms with van der Waals surface area (Å²) >= 11 is 0. The van der Waals surface area contributed by atoms with E-state index in [-0.39, 0.29) is 5.22 Å². The molecule has 1 aliphatic rings. The smallest absolute Gasteiger partial charge is 0.0787 e. The summed E-state index contributed by atoms with van der Waals surface area (Å²) in [6, 6.07) is 8.77. The van der Waals surface area contributed by atoms with Gasteiger partial charge in [-0.25, -0.2) is 0 Å². The fraction of sp³-hybridized carbons (Fsp3) is 0.467. The summed E-state index contributed by atoms with van der Waals surface area (Å²) < 4.78 is 6.22. The van der Waals surface area contributed by atoms with E-state index in [9.17, 15) is 0 Å². The molecule has 0 aliphatic carbocycles. The largest absolute Gasteiger partial charge is 0.374 e. The van der Waals surface area contributed by atoms with Gasteiger partial charge in [0, 0.05) is 6.61 Å². The topological polar surface area (TPSA) is 9.23 Å². The SMILES string of the molecule is C=Cc1ccc(C2([SiH](C)C)CCCCO2)cc1. The quantitative estimate of drug-likeness (QED) is 0.738. The van der Waals surface area contributed by atoms with Gasteiger partial charge in [0.05, 0.1) is 14.0 Å². The highest BCUT2D eigenvalue weighted by molar-refractivity contribution is 6.58. The van der Waals surface area contributed by atoms with Gasteiger partial charge in [-0.2, -0.15) is 0 Å². The highest BCUT2D eigenvalue weighted by Crippen LogP contribution is 2.37. The fourth-order valence-corrected chi connectivity index (χ4v) is 4.83. The molecule has 0 amide bonds. The van der Waals surface area contributed by atoms with E-state index in [1.807, 2.05) is 6.08 Å². The Labute approximate surface area is 106 Å². The van der Waals surface area contributed by atoms with Crippen LogP contribution in [0, 0.1) is 0 Å². The second-order valence-electron chi connectivity index (χ2n) is 5.18. The van der Waals surface area contributed by atoms with Crippen molar-refractivity contribution in [3.8, 4) is 0 Å². The Morgan fingerprint density at radius 2 is 1.94 bits per heavy atom. The van der Waals surface area contributed by atoms with E-state index in [1.54, 1.807) is 0 Å². The van der Waals surface area contributed by atoms with Crippen LogP contribution < -0.4 is 0 Å². The first kappa shape index (κ1) is 12.6. The molecule has 1 saturated heterocycles. The maximum atomic E-state index is 6.22. The molecule has 1 atom stereocenters. The Morgan fingerprint density at radius 3 is 2.41 bits per heavy atom. The Bertz CT molecular complexity index is 374. The summed E-state index contributed by atoms with van der Waals surface area (Å²) in [4.78, 5) is 0. The molecule has 0 N–H and O–H groups in total. The van der Waals surface area contributed by atoms with E-state index >= 15 is 0 Å². The van der Waals surface area contributed by atoms with Crippen molar-refractivity contribution in [2.75, 3.05) is 6.61 Å². The van der Waals surface area contributed by atoms with Crippen molar-refractivity contribution >= 4 is 14.9 Å². The predicted octanol–water partition coefficient (Wildman–Crippen LogP) is 3.75. The molecule has 0 spiro atoms. The van der Waals surface area contributed by atoms with Gasteiger partial charge < -0.3 is 4.74 Å². The molecule has 92 valence electrons. The normalized spacial score (nSPS) is 24.9. The minimum absolute atomic E-state index is 0.0674. The number of hydrogen-bond acceptors (Lipinski definition) is 1. The van der Waals surface area contributed by atoms with Crippen molar-refractivity contribution in [2.24, 2.45) is 0 Å². The van der Waals surface area contributed by atoms with Crippen LogP contribution in [0.15, 0.2) is 30.8 Å². The van der Waals surface area contributed by atoms with Crippen LogP contribution in [-0.4, -0.2) is 15.4 Å². The van der Waals surface area contributed by atoms with Crippen LogP contribution >= 0.6 is 0 Å². The number of ether oxygens (including phenoxy) is 1. The van der Waals surface area contributed by atoms with Crippen molar-refractivity contribution in [1.29, 1.82) is 0 Å². The van der Waals surface area contributed by atoms with Crippen molar-refractivity contribution in [3.05, 3.63) is 42.0 Å². The van der Waals surface area contributed by atoms with Gasteiger partial charge in [-0.1, -0.05) is 50.0 Å². The number of hydrogen-bond donors (Lipinski definition) is 0. The summed E-state index contributed by atoms with van der Waals surface area (Å²) in [6.07, 6.45) is 5.61. The molecule has 2 heteroatoms. The summed E-state index contributed by atoms with van der Waals surface area (Å²) in [7, 11) is -0.887. The maximum Gasteiger partial charge on any atom is 0.0787 e. The lowest BCUT2D eigenvalue weighted by molar-refractivity contribution is -0.0264. The zero-order chi connectivity index (χ0) is 12.3.